The average molecular weight is 248 g/mol. The lowest BCUT2D eigenvalue weighted by molar-refractivity contribution is -0.117. The fourth-order valence-corrected chi connectivity index (χ4v) is 2.08. The summed E-state index contributed by atoms with van der Waals surface area (Å²) in [5.41, 5.74) is 7.23. The third-order valence-corrected chi connectivity index (χ3v) is 3.30. The van der Waals surface area contributed by atoms with E-state index in [1.807, 2.05) is 12.1 Å². The molecular formula is C15H24N2O. The summed E-state index contributed by atoms with van der Waals surface area (Å²) in [6.07, 6.45) is 6.91. The number of carbonyl (C=O) groups excluding carboxylic acids is 1. The molecule has 1 aromatic heterocycles. The molecular weight excluding hydrogens is 224 g/mol. The van der Waals surface area contributed by atoms with Crippen LogP contribution in [0.2, 0.25) is 0 Å². The fraction of sp³-hybridized carbons (Fsp3) is 0.600. The molecule has 0 saturated heterocycles. The summed E-state index contributed by atoms with van der Waals surface area (Å²) in [6, 6.07) is 3.97. The van der Waals surface area contributed by atoms with Crippen molar-refractivity contribution in [2.45, 2.75) is 58.3 Å². The molecule has 18 heavy (non-hydrogen) atoms. The first-order valence-corrected chi connectivity index (χ1v) is 6.69. The van der Waals surface area contributed by atoms with Crippen LogP contribution >= 0.6 is 0 Å². The lowest BCUT2D eigenvalue weighted by Gasteiger charge is -2.24. The summed E-state index contributed by atoms with van der Waals surface area (Å²) in [5.74, 6) is -0.313. The predicted octanol–water partition coefficient (Wildman–Crippen LogP) is 2.97. The zero-order valence-electron chi connectivity index (χ0n) is 11.7. The number of pyridine rings is 1. The number of hydrogen-bond donors (Lipinski definition) is 1. The number of nitrogens with two attached hydrogens (primary N) is 1. The Morgan fingerprint density at radius 3 is 2.56 bits per heavy atom. The molecule has 0 saturated carbocycles. The molecule has 0 unspecified atom stereocenters. The Morgan fingerprint density at radius 2 is 2.06 bits per heavy atom. The van der Waals surface area contributed by atoms with Gasteiger partial charge in [-0.2, -0.15) is 0 Å². The maximum atomic E-state index is 10.8. The van der Waals surface area contributed by atoms with E-state index in [-0.39, 0.29) is 17.7 Å². The molecule has 1 rings (SSSR count). The molecule has 1 heterocycles. The van der Waals surface area contributed by atoms with Crippen LogP contribution in [0.3, 0.4) is 0 Å². The van der Waals surface area contributed by atoms with Crippen molar-refractivity contribution < 1.29 is 4.79 Å². The van der Waals surface area contributed by atoms with Gasteiger partial charge in [0.05, 0.1) is 6.42 Å². The van der Waals surface area contributed by atoms with Crippen LogP contribution in [0, 0.1) is 0 Å². The summed E-state index contributed by atoms with van der Waals surface area (Å²) in [4.78, 5) is 15.3. The highest BCUT2D eigenvalue weighted by Gasteiger charge is 2.21. The second-order valence-electron chi connectivity index (χ2n) is 5.54. The van der Waals surface area contributed by atoms with E-state index in [0.717, 1.165) is 17.7 Å². The van der Waals surface area contributed by atoms with E-state index in [9.17, 15) is 4.79 Å². The quantitative estimate of drug-likeness (QED) is 0.754. The second kappa shape index (κ2) is 6.53. The van der Waals surface area contributed by atoms with E-state index < -0.39 is 0 Å². The van der Waals surface area contributed by atoms with Gasteiger partial charge in [-0.05, 0) is 18.1 Å². The van der Waals surface area contributed by atoms with Gasteiger partial charge >= 0.3 is 0 Å². The molecule has 0 bridgehead atoms. The number of carbonyl (C=O) groups is 1. The largest absolute Gasteiger partial charge is 0.369 e. The summed E-state index contributed by atoms with van der Waals surface area (Å²) in [7, 11) is 0. The Hall–Kier alpha value is -1.38. The number of aromatic nitrogens is 1. The Labute approximate surface area is 110 Å². The van der Waals surface area contributed by atoms with Crippen LogP contribution < -0.4 is 5.73 Å². The average Bonchev–Trinajstić information content (AvgIpc) is 2.29. The lowest BCUT2D eigenvalue weighted by Crippen LogP contribution is -2.19. The molecule has 100 valence electrons. The van der Waals surface area contributed by atoms with Gasteiger partial charge in [-0.15, -0.1) is 0 Å². The van der Waals surface area contributed by atoms with Crippen molar-refractivity contribution in [2.75, 3.05) is 0 Å². The van der Waals surface area contributed by atoms with E-state index in [0.29, 0.717) is 0 Å². The van der Waals surface area contributed by atoms with Crippen LogP contribution in [0.15, 0.2) is 18.3 Å². The van der Waals surface area contributed by atoms with Gasteiger partial charge in [-0.3, -0.25) is 9.78 Å². The fourth-order valence-electron chi connectivity index (χ4n) is 2.08. The van der Waals surface area contributed by atoms with Gasteiger partial charge in [0.15, 0.2) is 0 Å². The number of amides is 1. The number of hydrogen-bond acceptors (Lipinski definition) is 2. The smallest absolute Gasteiger partial charge is 0.221 e. The maximum Gasteiger partial charge on any atom is 0.221 e. The number of rotatable bonds is 7. The van der Waals surface area contributed by atoms with E-state index in [4.69, 9.17) is 5.73 Å². The third kappa shape index (κ3) is 4.47. The molecule has 0 aliphatic heterocycles. The van der Waals surface area contributed by atoms with Crippen molar-refractivity contribution in [2.24, 2.45) is 5.73 Å². The monoisotopic (exact) mass is 248 g/mol. The van der Waals surface area contributed by atoms with Gasteiger partial charge < -0.3 is 5.73 Å². The zero-order valence-corrected chi connectivity index (χ0v) is 11.7. The van der Waals surface area contributed by atoms with E-state index >= 15 is 0 Å². The first-order chi connectivity index (χ1) is 8.45. The van der Waals surface area contributed by atoms with Crippen molar-refractivity contribution in [1.29, 1.82) is 0 Å². The third-order valence-electron chi connectivity index (χ3n) is 3.30. The Balaban J connectivity index is 2.67. The van der Waals surface area contributed by atoms with Crippen LogP contribution in [-0.2, 0) is 16.6 Å². The molecule has 0 aromatic carbocycles. The standard InChI is InChI=1S/C15H24N2O/c1-4-5-6-9-15(2,3)13-8-7-12(11-17-13)10-14(16)18/h7-8,11H,4-6,9-10H2,1-3H3,(H2,16,18). The van der Waals surface area contributed by atoms with Gasteiger partial charge in [0.2, 0.25) is 5.91 Å². The molecule has 3 nitrogen and oxygen atoms in total. The highest BCUT2D eigenvalue weighted by atomic mass is 16.1. The second-order valence-corrected chi connectivity index (χ2v) is 5.54. The maximum absolute atomic E-state index is 10.8. The molecule has 0 aliphatic carbocycles. The first kappa shape index (κ1) is 14.7. The normalized spacial score (nSPS) is 11.5. The summed E-state index contributed by atoms with van der Waals surface area (Å²) in [5, 5.41) is 0. The van der Waals surface area contributed by atoms with Gasteiger partial charge in [0.1, 0.15) is 0 Å². The van der Waals surface area contributed by atoms with Crippen LogP contribution in [-0.4, -0.2) is 10.9 Å². The summed E-state index contributed by atoms with van der Waals surface area (Å²) < 4.78 is 0. The Bertz CT molecular complexity index is 382. The van der Waals surface area contributed by atoms with E-state index in [2.05, 4.69) is 25.8 Å². The van der Waals surface area contributed by atoms with Crippen LogP contribution in [0.5, 0.6) is 0 Å². The molecule has 2 N–H and O–H groups in total. The Kier molecular flexibility index (Phi) is 5.32. The zero-order chi connectivity index (χ0) is 13.6. The Morgan fingerprint density at radius 1 is 1.33 bits per heavy atom. The molecule has 3 heteroatoms. The van der Waals surface area contributed by atoms with Crippen molar-refractivity contribution in [3.8, 4) is 0 Å². The molecule has 0 atom stereocenters. The lowest BCUT2D eigenvalue weighted by atomic mass is 9.83. The first-order valence-electron chi connectivity index (χ1n) is 6.69. The van der Waals surface area contributed by atoms with Crippen LogP contribution in [0.4, 0.5) is 0 Å². The molecule has 1 aromatic rings. The minimum absolute atomic E-state index is 0.0976. The minimum atomic E-state index is -0.313. The van der Waals surface area contributed by atoms with E-state index in [1.165, 1.54) is 19.3 Å². The molecule has 1 amide bonds. The van der Waals surface area contributed by atoms with E-state index in [1.54, 1.807) is 6.20 Å². The summed E-state index contributed by atoms with van der Waals surface area (Å²) >= 11 is 0. The van der Waals surface area contributed by atoms with Crippen molar-refractivity contribution in [3.63, 3.8) is 0 Å². The van der Waals surface area contributed by atoms with Crippen LogP contribution in [0.1, 0.15) is 57.7 Å². The predicted molar refractivity (Wildman–Crippen MR) is 74.3 cm³/mol. The van der Waals surface area contributed by atoms with Gasteiger partial charge in [-0.25, -0.2) is 0 Å². The number of nitrogens with zero attached hydrogens (tertiary/aromatic N) is 1. The molecule has 0 spiro atoms. The van der Waals surface area contributed by atoms with Gasteiger partial charge in [0, 0.05) is 17.3 Å². The summed E-state index contributed by atoms with van der Waals surface area (Å²) in [6.45, 7) is 6.65. The highest BCUT2D eigenvalue weighted by molar-refractivity contribution is 5.76. The van der Waals surface area contributed by atoms with Crippen molar-refractivity contribution >= 4 is 5.91 Å². The minimum Gasteiger partial charge on any atom is -0.369 e. The topological polar surface area (TPSA) is 56.0 Å². The van der Waals surface area contributed by atoms with Crippen molar-refractivity contribution in [1.82, 2.24) is 4.98 Å². The van der Waals surface area contributed by atoms with Gasteiger partial charge in [0.25, 0.3) is 0 Å². The van der Waals surface area contributed by atoms with Crippen LogP contribution in [0.25, 0.3) is 0 Å². The molecule has 0 aliphatic rings. The number of unbranched alkanes of at least 4 members (excludes halogenated alkanes) is 2. The highest BCUT2D eigenvalue weighted by Crippen LogP contribution is 2.27. The van der Waals surface area contributed by atoms with Crippen molar-refractivity contribution in [3.05, 3.63) is 29.6 Å². The van der Waals surface area contributed by atoms with Gasteiger partial charge in [-0.1, -0.05) is 46.1 Å². The number of primary amides is 1. The molecule has 0 fully saturated rings. The SMILES string of the molecule is CCCCCC(C)(C)c1ccc(CC(N)=O)cn1. The molecule has 0 radical (unpaired) electrons.